The summed E-state index contributed by atoms with van der Waals surface area (Å²) in [5.74, 6) is -0.775. The van der Waals surface area contributed by atoms with Crippen molar-refractivity contribution in [2.75, 3.05) is 11.4 Å². The standard InChI is InChI=1S/C17H23NO4/c1-11-5-7-14-13(9-11)12(6-8-15(19)20)10-18(14)16(21)22-17(2,3)4/h5,7,9,12H,6,8,10H2,1-4H3,(H,19,20). The van der Waals surface area contributed by atoms with Crippen LogP contribution in [0.25, 0.3) is 0 Å². The molecule has 0 aliphatic carbocycles. The predicted molar refractivity (Wildman–Crippen MR) is 84.4 cm³/mol. The van der Waals surface area contributed by atoms with E-state index >= 15 is 0 Å². The summed E-state index contributed by atoms with van der Waals surface area (Å²) in [4.78, 5) is 24.8. The molecule has 2 rings (SSSR count). The summed E-state index contributed by atoms with van der Waals surface area (Å²) >= 11 is 0. The maximum atomic E-state index is 12.4. The van der Waals surface area contributed by atoms with Crippen LogP contribution in [0.3, 0.4) is 0 Å². The quantitative estimate of drug-likeness (QED) is 0.924. The molecule has 0 fully saturated rings. The highest BCUT2D eigenvalue weighted by Crippen LogP contribution is 2.40. The number of carbonyl (C=O) groups excluding carboxylic acids is 1. The number of nitrogens with zero attached hydrogens (tertiary/aromatic N) is 1. The monoisotopic (exact) mass is 305 g/mol. The van der Waals surface area contributed by atoms with Crippen LogP contribution in [0.2, 0.25) is 0 Å². The van der Waals surface area contributed by atoms with Crippen molar-refractivity contribution in [1.29, 1.82) is 0 Å². The van der Waals surface area contributed by atoms with Gasteiger partial charge in [0.25, 0.3) is 0 Å². The normalized spacial score (nSPS) is 17.3. The van der Waals surface area contributed by atoms with Gasteiger partial charge in [0.15, 0.2) is 0 Å². The molecule has 1 atom stereocenters. The zero-order chi connectivity index (χ0) is 16.5. The summed E-state index contributed by atoms with van der Waals surface area (Å²) in [6, 6.07) is 5.90. The fraction of sp³-hybridized carbons (Fsp3) is 0.529. The molecular weight excluding hydrogens is 282 g/mol. The Morgan fingerprint density at radius 3 is 2.64 bits per heavy atom. The van der Waals surface area contributed by atoms with Gasteiger partial charge in [-0.05, 0) is 45.7 Å². The van der Waals surface area contributed by atoms with Gasteiger partial charge < -0.3 is 9.84 Å². The van der Waals surface area contributed by atoms with Crippen LogP contribution in [0.4, 0.5) is 10.5 Å². The lowest BCUT2D eigenvalue weighted by atomic mass is 9.95. The molecule has 1 aromatic carbocycles. The van der Waals surface area contributed by atoms with Gasteiger partial charge in [0, 0.05) is 18.9 Å². The van der Waals surface area contributed by atoms with Crippen molar-refractivity contribution >= 4 is 17.7 Å². The summed E-state index contributed by atoms with van der Waals surface area (Å²) in [6.07, 6.45) is 0.237. The van der Waals surface area contributed by atoms with Crippen molar-refractivity contribution in [3.63, 3.8) is 0 Å². The fourth-order valence-corrected chi connectivity index (χ4v) is 2.70. The number of aryl methyl sites for hydroxylation is 1. The van der Waals surface area contributed by atoms with E-state index in [9.17, 15) is 9.59 Å². The Labute approximate surface area is 130 Å². The summed E-state index contributed by atoms with van der Waals surface area (Å²) in [6.45, 7) is 7.96. The van der Waals surface area contributed by atoms with Gasteiger partial charge in [0.05, 0.1) is 5.69 Å². The third-order valence-corrected chi connectivity index (χ3v) is 3.64. The molecule has 1 aliphatic rings. The molecule has 22 heavy (non-hydrogen) atoms. The van der Waals surface area contributed by atoms with Gasteiger partial charge in [-0.2, -0.15) is 0 Å². The second-order valence-corrected chi connectivity index (χ2v) is 6.78. The van der Waals surface area contributed by atoms with E-state index in [2.05, 4.69) is 0 Å². The van der Waals surface area contributed by atoms with Crippen molar-refractivity contribution in [3.05, 3.63) is 29.3 Å². The lowest BCUT2D eigenvalue weighted by Crippen LogP contribution is -2.36. The first kappa shape index (κ1) is 16.3. The number of carboxylic acids is 1. The number of fused-ring (bicyclic) bond motifs is 1. The van der Waals surface area contributed by atoms with Crippen LogP contribution < -0.4 is 4.90 Å². The number of rotatable bonds is 3. The van der Waals surface area contributed by atoms with Crippen LogP contribution in [0, 0.1) is 6.92 Å². The molecule has 1 aliphatic heterocycles. The van der Waals surface area contributed by atoms with E-state index in [0.29, 0.717) is 13.0 Å². The van der Waals surface area contributed by atoms with Crippen LogP contribution in [0.1, 0.15) is 50.7 Å². The first-order valence-corrected chi connectivity index (χ1v) is 7.50. The first-order chi connectivity index (χ1) is 10.2. The smallest absolute Gasteiger partial charge is 0.414 e. The van der Waals surface area contributed by atoms with E-state index in [1.807, 2.05) is 45.9 Å². The predicted octanol–water partition coefficient (Wildman–Crippen LogP) is 3.70. The van der Waals surface area contributed by atoms with Gasteiger partial charge >= 0.3 is 12.1 Å². The molecule has 5 heteroatoms. The SMILES string of the molecule is Cc1ccc2c(c1)C(CCC(=O)O)CN2C(=O)OC(C)(C)C. The second kappa shape index (κ2) is 5.99. The molecule has 1 unspecified atom stereocenters. The lowest BCUT2D eigenvalue weighted by molar-refractivity contribution is -0.137. The van der Waals surface area contributed by atoms with E-state index in [1.165, 1.54) is 0 Å². The molecule has 5 nitrogen and oxygen atoms in total. The Bertz CT molecular complexity index is 589. The number of aliphatic carboxylic acids is 1. The average Bonchev–Trinajstić information content (AvgIpc) is 2.72. The molecule has 1 N–H and O–H groups in total. The molecule has 0 saturated heterocycles. The number of amides is 1. The summed E-state index contributed by atoms with van der Waals surface area (Å²) < 4.78 is 5.45. The molecule has 1 heterocycles. The van der Waals surface area contributed by atoms with Crippen molar-refractivity contribution < 1.29 is 19.4 Å². The minimum Gasteiger partial charge on any atom is -0.481 e. The van der Waals surface area contributed by atoms with Crippen molar-refractivity contribution in [2.24, 2.45) is 0 Å². The maximum absolute atomic E-state index is 12.4. The summed E-state index contributed by atoms with van der Waals surface area (Å²) in [5.41, 5.74) is 2.41. The van der Waals surface area contributed by atoms with Gasteiger partial charge in [-0.15, -0.1) is 0 Å². The average molecular weight is 305 g/mol. The van der Waals surface area contributed by atoms with Crippen LogP contribution in [-0.2, 0) is 9.53 Å². The molecule has 0 spiro atoms. The van der Waals surface area contributed by atoms with E-state index in [-0.39, 0.29) is 18.4 Å². The van der Waals surface area contributed by atoms with E-state index in [4.69, 9.17) is 9.84 Å². The Morgan fingerprint density at radius 2 is 2.05 bits per heavy atom. The second-order valence-electron chi connectivity index (χ2n) is 6.78. The fourth-order valence-electron chi connectivity index (χ4n) is 2.70. The number of anilines is 1. The van der Waals surface area contributed by atoms with Gasteiger partial charge in [0.2, 0.25) is 0 Å². The van der Waals surface area contributed by atoms with Crippen LogP contribution in [0.5, 0.6) is 0 Å². The molecule has 0 radical (unpaired) electrons. The van der Waals surface area contributed by atoms with Gasteiger partial charge in [-0.25, -0.2) is 4.79 Å². The number of ether oxygens (including phenoxy) is 1. The van der Waals surface area contributed by atoms with E-state index < -0.39 is 11.6 Å². The molecular formula is C17H23NO4. The van der Waals surface area contributed by atoms with E-state index in [0.717, 1.165) is 16.8 Å². The van der Waals surface area contributed by atoms with Gasteiger partial charge in [-0.1, -0.05) is 17.7 Å². The summed E-state index contributed by atoms with van der Waals surface area (Å²) in [7, 11) is 0. The lowest BCUT2D eigenvalue weighted by Gasteiger charge is -2.25. The maximum Gasteiger partial charge on any atom is 0.414 e. The highest BCUT2D eigenvalue weighted by Gasteiger charge is 2.34. The van der Waals surface area contributed by atoms with Gasteiger partial charge in [0.1, 0.15) is 5.60 Å². The molecule has 1 amide bonds. The molecule has 0 aromatic heterocycles. The number of carbonyl (C=O) groups is 2. The Morgan fingerprint density at radius 1 is 1.36 bits per heavy atom. The highest BCUT2D eigenvalue weighted by molar-refractivity contribution is 5.91. The molecule has 0 bridgehead atoms. The largest absolute Gasteiger partial charge is 0.481 e. The molecule has 0 saturated carbocycles. The Kier molecular flexibility index (Phi) is 4.44. The Hall–Kier alpha value is -2.04. The van der Waals surface area contributed by atoms with Crippen molar-refractivity contribution in [3.8, 4) is 0 Å². The zero-order valence-corrected chi connectivity index (χ0v) is 13.5. The molecule has 1 aromatic rings. The van der Waals surface area contributed by atoms with Gasteiger partial charge in [-0.3, -0.25) is 9.69 Å². The van der Waals surface area contributed by atoms with Crippen molar-refractivity contribution in [1.82, 2.24) is 0 Å². The zero-order valence-electron chi connectivity index (χ0n) is 13.5. The number of hydrogen-bond donors (Lipinski definition) is 1. The number of benzene rings is 1. The topological polar surface area (TPSA) is 66.8 Å². The first-order valence-electron chi connectivity index (χ1n) is 7.50. The third kappa shape index (κ3) is 3.78. The highest BCUT2D eigenvalue weighted by atomic mass is 16.6. The van der Waals surface area contributed by atoms with Crippen LogP contribution >= 0.6 is 0 Å². The van der Waals surface area contributed by atoms with Crippen molar-refractivity contribution in [2.45, 2.75) is 52.1 Å². The van der Waals surface area contributed by atoms with Crippen LogP contribution in [-0.4, -0.2) is 29.3 Å². The van der Waals surface area contributed by atoms with E-state index in [1.54, 1.807) is 4.90 Å². The summed E-state index contributed by atoms with van der Waals surface area (Å²) in [5, 5.41) is 8.90. The third-order valence-electron chi connectivity index (χ3n) is 3.64. The molecule has 120 valence electrons. The van der Waals surface area contributed by atoms with Crippen LogP contribution in [0.15, 0.2) is 18.2 Å². The minimum absolute atomic E-state index is 0.0403. The number of carboxylic acid groups (broad SMARTS) is 1. The Balaban J connectivity index is 2.25. The number of hydrogen-bond acceptors (Lipinski definition) is 3. The minimum atomic E-state index is -0.815.